The Hall–Kier alpha value is -0.900. The molecule has 0 bridgehead atoms. The van der Waals surface area contributed by atoms with Crippen LogP contribution < -0.4 is 5.73 Å². The fraction of sp³-hybridized carbons (Fsp3) is 0.500. The summed E-state index contributed by atoms with van der Waals surface area (Å²) in [6.45, 7) is 1.14. The number of carboxylic acid groups (broad SMARTS) is 1. The number of ketones is 1. The highest BCUT2D eigenvalue weighted by atomic mass is 16.4. The molecule has 0 rings (SSSR count). The molecular formula is C4H7NO3. The summed E-state index contributed by atoms with van der Waals surface area (Å²) >= 11 is 0. The van der Waals surface area contributed by atoms with Gasteiger partial charge in [0.05, 0.1) is 0 Å². The zero-order valence-corrected chi connectivity index (χ0v) is 4.42. The van der Waals surface area contributed by atoms with Crippen LogP contribution in [0.2, 0.25) is 0 Å². The second kappa shape index (κ2) is 2.42. The highest BCUT2D eigenvalue weighted by molar-refractivity contribution is 6.00. The van der Waals surface area contributed by atoms with Crippen LogP contribution in [0.1, 0.15) is 6.92 Å². The first-order valence-electron chi connectivity index (χ1n) is 2.04. The van der Waals surface area contributed by atoms with Crippen LogP contribution in [0.5, 0.6) is 0 Å². The summed E-state index contributed by atoms with van der Waals surface area (Å²) in [7, 11) is 0. The van der Waals surface area contributed by atoms with Crippen molar-refractivity contribution in [2.24, 2.45) is 5.73 Å². The van der Waals surface area contributed by atoms with Crippen molar-refractivity contribution in [2.45, 2.75) is 13.0 Å². The summed E-state index contributed by atoms with van der Waals surface area (Å²) in [6.07, 6.45) is 0. The van der Waals surface area contributed by atoms with Gasteiger partial charge in [-0.3, -0.25) is 9.59 Å². The van der Waals surface area contributed by atoms with Gasteiger partial charge >= 0.3 is 5.97 Å². The number of hydrogen-bond acceptors (Lipinski definition) is 3. The zero-order valence-electron chi connectivity index (χ0n) is 4.42. The molecule has 0 aromatic heterocycles. The van der Waals surface area contributed by atoms with E-state index in [1.165, 1.54) is 0 Å². The topological polar surface area (TPSA) is 80.4 Å². The van der Waals surface area contributed by atoms with Gasteiger partial charge in [0.25, 0.3) is 0 Å². The number of carbonyl (C=O) groups excluding carboxylic acids is 1. The predicted molar refractivity (Wildman–Crippen MR) is 26.3 cm³/mol. The molecule has 0 unspecified atom stereocenters. The molecule has 0 aliphatic heterocycles. The van der Waals surface area contributed by atoms with Crippen LogP contribution in [0.15, 0.2) is 0 Å². The molecule has 0 fully saturated rings. The molecule has 0 spiro atoms. The third-order valence-corrected chi connectivity index (χ3v) is 0.704. The van der Waals surface area contributed by atoms with Gasteiger partial charge in [-0.25, -0.2) is 0 Å². The predicted octanol–water partition coefficient (Wildman–Crippen LogP) is -1.01. The molecule has 0 heterocycles. The SMILES string of the molecule is CC(=O)[C@@H](N)C(=O)O. The summed E-state index contributed by atoms with van der Waals surface area (Å²) in [5, 5.41) is 8.01. The Labute approximate surface area is 46.3 Å². The Kier molecular flexibility index (Phi) is 2.15. The summed E-state index contributed by atoms with van der Waals surface area (Å²) in [5.74, 6) is -1.81. The first-order chi connectivity index (χ1) is 3.55. The quantitative estimate of drug-likeness (QED) is 0.454. The Morgan fingerprint density at radius 2 is 2.00 bits per heavy atom. The van der Waals surface area contributed by atoms with Crippen LogP contribution in [-0.2, 0) is 9.59 Å². The minimum absolute atomic E-state index is 0.530. The summed E-state index contributed by atoms with van der Waals surface area (Å²) in [4.78, 5) is 19.9. The van der Waals surface area contributed by atoms with Gasteiger partial charge in [0, 0.05) is 0 Å². The third kappa shape index (κ3) is 1.70. The van der Waals surface area contributed by atoms with Gasteiger partial charge in [-0.05, 0) is 6.92 Å². The van der Waals surface area contributed by atoms with Crippen LogP contribution in [-0.4, -0.2) is 22.9 Å². The molecule has 0 aromatic carbocycles. The maximum atomic E-state index is 10.1. The minimum Gasteiger partial charge on any atom is -0.480 e. The summed E-state index contributed by atoms with van der Waals surface area (Å²) in [6, 6.07) is -1.35. The summed E-state index contributed by atoms with van der Waals surface area (Å²) in [5.41, 5.74) is 4.81. The average molecular weight is 117 g/mol. The number of carbonyl (C=O) groups is 2. The van der Waals surface area contributed by atoms with Gasteiger partial charge in [0.15, 0.2) is 11.8 Å². The van der Waals surface area contributed by atoms with Gasteiger partial charge < -0.3 is 10.8 Å². The van der Waals surface area contributed by atoms with E-state index in [2.05, 4.69) is 0 Å². The van der Waals surface area contributed by atoms with Crippen LogP contribution in [0.25, 0.3) is 0 Å². The van der Waals surface area contributed by atoms with Crippen LogP contribution in [0.4, 0.5) is 0 Å². The number of carboxylic acids is 1. The van der Waals surface area contributed by atoms with E-state index in [0.717, 1.165) is 6.92 Å². The van der Waals surface area contributed by atoms with Gasteiger partial charge in [0.2, 0.25) is 0 Å². The van der Waals surface area contributed by atoms with E-state index in [1.807, 2.05) is 0 Å². The van der Waals surface area contributed by atoms with E-state index < -0.39 is 17.8 Å². The average Bonchev–Trinajstić information content (AvgIpc) is 1.64. The second-order valence-electron chi connectivity index (χ2n) is 1.43. The summed E-state index contributed by atoms with van der Waals surface area (Å²) < 4.78 is 0. The van der Waals surface area contributed by atoms with Crippen LogP contribution in [0.3, 0.4) is 0 Å². The lowest BCUT2D eigenvalue weighted by molar-refractivity contribution is -0.141. The Balaban J connectivity index is 3.83. The Morgan fingerprint density at radius 1 is 1.62 bits per heavy atom. The van der Waals surface area contributed by atoms with E-state index in [4.69, 9.17) is 10.8 Å². The first kappa shape index (κ1) is 7.10. The van der Waals surface area contributed by atoms with Gasteiger partial charge in [0.1, 0.15) is 0 Å². The van der Waals surface area contributed by atoms with Crippen molar-refractivity contribution < 1.29 is 14.7 Å². The smallest absolute Gasteiger partial charge is 0.328 e. The van der Waals surface area contributed by atoms with Crippen molar-refractivity contribution in [1.29, 1.82) is 0 Å². The molecule has 46 valence electrons. The van der Waals surface area contributed by atoms with Crippen molar-refractivity contribution in [3.8, 4) is 0 Å². The maximum absolute atomic E-state index is 10.1. The normalized spacial score (nSPS) is 12.8. The van der Waals surface area contributed by atoms with Gasteiger partial charge in [-0.15, -0.1) is 0 Å². The molecule has 0 saturated carbocycles. The molecule has 8 heavy (non-hydrogen) atoms. The van der Waals surface area contributed by atoms with Crippen LogP contribution >= 0.6 is 0 Å². The fourth-order valence-electron chi connectivity index (χ4n) is 0.174. The second-order valence-corrected chi connectivity index (χ2v) is 1.43. The lowest BCUT2D eigenvalue weighted by atomic mass is 10.2. The largest absolute Gasteiger partial charge is 0.480 e. The highest BCUT2D eigenvalue weighted by Crippen LogP contribution is 1.77. The molecule has 4 nitrogen and oxygen atoms in total. The molecule has 3 N–H and O–H groups in total. The van der Waals surface area contributed by atoms with Gasteiger partial charge in [-0.2, -0.15) is 0 Å². The van der Waals surface area contributed by atoms with E-state index in [1.54, 1.807) is 0 Å². The lowest BCUT2D eigenvalue weighted by Gasteiger charge is -1.96. The van der Waals surface area contributed by atoms with Gasteiger partial charge in [-0.1, -0.05) is 0 Å². The van der Waals surface area contributed by atoms with Crippen molar-refractivity contribution >= 4 is 11.8 Å². The molecule has 1 atom stereocenters. The number of rotatable bonds is 2. The molecule has 0 aliphatic carbocycles. The number of aliphatic carboxylic acids is 1. The number of Topliss-reactive ketones (excluding diaryl/α,β-unsaturated/α-hetero) is 1. The van der Waals surface area contributed by atoms with E-state index in [0.29, 0.717) is 0 Å². The van der Waals surface area contributed by atoms with Crippen molar-refractivity contribution in [3.63, 3.8) is 0 Å². The van der Waals surface area contributed by atoms with E-state index >= 15 is 0 Å². The standard InChI is InChI=1S/C4H7NO3/c1-2(6)3(5)4(7)8/h3H,5H2,1H3,(H,7,8)/t3-/m1/s1. The molecule has 4 heteroatoms. The molecule has 0 radical (unpaired) electrons. The minimum atomic E-state index is -1.35. The van der Waals surface area contributed by atoms with Crippen molar-refractivity contribution in [1.82, 2.24) is 0 Å². The first-order valence-corrected chi connectivity index (χ1v) is 2.04. The Bertz CT molecular complexity index is 106. The Morgan fingerprint density at radius 3 is 2.00 bits per heavy atom. The van der Waals surface area contributed by atoms with Crippen molar-refractivity contribution in [3.05, 3.63) is 0 Å². The monoisotopic (exact) mass is 117 g/mol. The number of hydrogen-bond donors (Lipinski definition) is 2. The van der Waals surface area contributed by atoms with E-state index in [-0.39, 0.29) is 0 Å². The van der Waals surface area contributed by atoms with E-state index in [9.17, 15) is 9.59 Å². The van der Waals surface area contributed by atoms with Crippen LogP contribution in [0, 0.1) is 0 Å². The number of nitrogens with two attached hydrogens (primary N) is 1. The third-order valence-electron chi connectivity index (χ3n) is 0.704. The molecule has 0 aliphatic rings. The zero-order chi connectivity index (χ0) is 6.73. The highest BCUT2D eigenvalue weighted by Gasteiger charge is 2.15. The molecule has 0 aromatic rings. The lowest BCUT2D eigenvalue weighted by Crippen LogP contribution is -2.36. The fourth-order valence-corrected chi connectivity index (χ4v) is 0.174. The molecule has 0 amide bonds. The van der Waals surface area contributed by atoms with Crippen molar-refractivity contribution in [2.75, 3.05) is 0 Å². The molecule has 0 saturated heterocycles. The maximum Gasteiger partial charge on any atom is 0.328 e. The molecular weight excluding hydrogens is 110 g/mol.